The maximum atomic E-state index is 12.7. The number of ketones is 1. The van der Waals surface area contributed by atoms with Gasteiger partial charge in [-0.25, -0.2) is 0 Å². The lowest BCUT2D eigenvalue weighted by Gasteiger charge is -2.28. The first-order chi connectivity index (χ1) is 27.3. The van der Waals surface area contributed by atoms with Gasteiger partial charge in [-0.15, -0.1) is 0 Å². The molecule has 1 N–H and O–H groups in total. The van der Waals surface area contributed by atoms with Crippen molar-refractivity contribution in [2.24, 2.45) is 11.8 Å². The molecule has 0 radical (unpaired) electrons. The highest BCUT2D eigenvalue weighted by Crippen LogP contribution is 2.38. The summed E-state index contributed by atoms with van der Waals surface area (Å²) >= 11 is 0. The van der Waals surface area contributed by atoms with E-state index in [-0.39, 0.29) is 43.7 Å². The SMILES string of the molecule is CCCCCCCCCCCCCCCCC(=O)O[C@H](COC(=O)CCC/C=C\C[C@H]1C=CC(=O)[C@@H]1/C=C/[C@@H](O)CCCCC)COP(=O)([O-])OCC[N+](C)(C)C. The summed E-state index contributed by atoms with van der Waals surface area (Å²) < 4.78 is 33.8. The molecule has 0 aromatic rings. The maximum absolute atomic E-state index is 12.7. The summed E-state index contributed by atoms with van der Waals surface area (Å²) in [7, 11) is 1.06. The Morgan fingerprint density at radius 1 is 0.807 bits per heavy atom. The van der Waals surface area contributed by atoms with E-state index >= 15 is 0 Å². The number of esters is 2. The van der Waals surface area contributed by atoms with E-state index in [0.29, 0.717) is 43.1 Å². The van der Waals surface area contributed by atoms with Gasteiger partial charge in [-0.05, 0) is 44.1 Å². The topological polar surface area (TPSA) is 148 Å². The zero-order valence-electron chi connectivity index (χ0n) is 36.4. The standard InChI is InChI=1S/C45H80NO10P/c1-6-8-10-11-12-13-14-15-16-17-18-19-20-26-30-45(50)56-41(38-55-57(51,52)54-36-35-46(3,4)5)37-53-44(49)29-25-22-21-24-27-39-31-34-43(48)42(39)33-32-40(47)28-23-9-7-2/h21,24,31-34,39-42,47H,6-20,22-23,25-30,35-38H2,1-5H3/b24-21-,33-32+/t39-,40-,41+,42+/m0/s1. The van der Waals surface area contributed by atoms with Crippen molar-refractivity contribution in [1.29, 1.82) is 0 Å². The van der Waals surface area contributed by atoms with E-state index in [9.17, 15) is 28.9 Å². The Balaban J connectivity index is 2.46. The summed E-state index contributed by atoms with van der Waals surface area (Å²) in [6.45, 7) is 3.90. The van der Waals surface area contributed by atoms with E-state index in [1.807, 2.05) is 45.4 Å². The molecule has 330 valence electrons. The van der Waals surface area contributed by atoms with Gasteiger partial charge in [0.1, 0.15) is 19.8 Å². The molecule has 1 aliphatic rings. The number of likely N-dealkylation sites (N-methyl/N-ethyl adjacent to an activating group) is 1. The number of rotatable bonds is 37. The number of unbranched alkanes of at least 4 members (excludes halogenated alkanes) is 16. The van der Waals surface area contributed by atoms with Gasteiger partial charge in [-0.3, -0.25) is 18.9 Å². The second-order valence-electron chi connectivity index (χ2n) is 16.7. The normalized spacial score (nSPS) is 18.1. The lowest BCUT2D eigenvalue weighted by atomic mass is 9.90. The molecule has 1 aliphatic carbocycles. The molecular weight excluding hydrogens is 745 g/mol. The number of phosphoric acid groups is 1. The number of aliphatic hydroxyl groups excluding tert-OH is 1. The number of aliphatic hydroxyl groups is 1. The molecule has 0 fully saturated rings. The largest absolute Gasteiger partial charge is 0.756 e. The second-order valence-corrected chi connectivity index (χ2v) is 18.1. The number of hydrogen-bond donors (Lipinski definition) is 1. The van der Waals surface area contributed by atoms with Gasteiger partial charge >= 0.3 is 11.9 Å². The third-order valence-corrected chi connectivity index (χ3v) is 11.1. The van der Waals surface area contributed by atoms with Crippen molar-refractivity contribution in [1.82, 2.24) is 0 Å². The minimum atomic E-state index is -4.67. The van der Waals surface area contributed by atoms with Gasteiger partial charge in [0.05, 0.1) is 33.9 Å². The van der Waals surface area contributed by atoms with Crippen LogP contribution in [-0.2, 0) is 37.5 Å². The van der Waals surface area contributed by atoms with E-state index in [4.69, 9.17) is 18.5 Å². The minimum Gasteiger partial charge on any atom is -0.756 e. The number of carbonyl (C=O) groups is 3. The Kier molecular flexibility index (Phi) is 30.3. The molecule has 0 saturated heterocycles. The minimum absolute atomic E-state index is 0.0292. The van der Waals surface area contributed by atoms with Crippen LogP contribution >= 0.6 is 7.82 Å². The van der Waals surface area contributed by atoms with Gasteiger partial charge in [0.15, 0.2) is 11.9 Å². The van der Waals surface area contributed by atoms with Crippen molar-refractivity contribution >= 4 is 25.5 Å². The number of phosphoric ester groups is 1. The first-order valence-electron chi connectivity index (χ1n) is 22.3. The molecule has 1 unspecified atom stereocenters. The average Bonchev–Trinajstić information content (AvgIpc) is 3.51. The summed E-state index contributed by atoms with van der Waals surface area (Å²) in [6, 6.07) is 0. The maximum Gasteiger partial charge on any atom is 0.306 e. The lowest BCUT2D eigenvalue weighted by Crippen LogP contribution is -2.37. The van der Waals surface area contributed by atoms with Crippen LogP contribution in [0.25, 0.3) is 0 Å². The fourth-order valence-electron chi connectivity index (χ4n) is 6.53. The molecule has 0 amide bonds. The van der Waals surface area contributed by atoms with E-state index in [1.54, 1.807) is 12.2 Å². The van der Waals surface area contributed by atoms with Crippen LogP contribution in [0, 0.1) is 11.8 Å². The summed E-state index contributed by atoms with van der Waals surface area (Å²) in [5, 5.41) is 10.2. The Hall–Kier alpha value is -2.14. The van der Waals surface area contributed by atoms with Crippen LogP contribution in [0.2, 0.25) is 0 Å². The Morgan fingerprint density at radius 3 is 2.00 bits per heavy atom. The van der Waals surface area contributed by atoms with Crippen LogP contribution in [0.1, 0.15) is 162 Å². The molecular formula is C45H80NO10P. The zero-order chi connectivity index (χ0) is 42.2. The molecule has 0 aromatic carbocycles. The Labute approximate surface area is 346 Å². The van der Waals surface area contributed by atoms with Crippen LogP contribution in [-0.4, -0.2) is 87.0 Å². The van der Waals surface area contributed by atoms with Gasteiger partial charge in [0.25, 0.3) is 7.82 Å². The van der Waals surface area contributed by atoms with Crippen LogP contribution in [0.5, 0.6) is 0 Å². The van der Waals surface area contributed by atoms with Gasteiger partial charge in [-0.1, -0.05) is 147 Å². The van der Waals surface area contributed by atoms with Crippen LogP contribution < -0.4 is 4.89 Å². The quantitative estimate of drug-likeness (QED) is 0.0211. The van der Waals surface area contributed by atoms with E-state index in [1.165, 1.54) is 64.2 Å². The number of nitrogens with zero attached hydrogens (tertiary/aromatic N) is 1. The molecule has 0 aliphatic heterocycles. The number of quaternary nitrogens is 1. The van der Waals surface area contributed by atoms with Crippen LogP contribution in [0.3, 0.4) is 0 Å². The third-order valence-electron chi connectivity index (χ3n) is 10.2. The number of carbonyl (C=O) groups excluding carboxylic acids is 3. The number of hydrogen-bond acceptors (Lipinski definition) is 10. The molecule has 12 heteroatoms. The average molecular weight is 826 g/mol. The van der Waals surface area contributed by atoms with E-state index in [0.717, 1.165) is 38.5 Å². The fourth-order valence-corrected chi connectivity index (χ4v) is 7.26. The molecule has 57 heavy (non-hydrogen) atoms. The highest BCUT2D eigenvalue weighted by Gasteiger charge is 2.27. The zero-order valence-corrected chi connectivity index (χ0v) is 37.3. The van der Waals surface area contributed by atoms with Gasteiger partial charge < -0.3 is 33.0 Å². The van der Waals surface area contributed by atoms with Crippen molar-refractivity contribution in [3.63, 3.8) is 0 Å². The summed E-state index contributed by atoms with van der Waals surface area (Å²) in [5.74, 6) is -1.19. The van der Waals surface area contributed by atoms with Gasteiger partial charge in [-0.2, -0.15) is 0 Å². The Morgan fingerprint density at radius 2 is 1.39 bits per heavy atom. The monoisotopic (exact) mass is 826 g/mol. The molecule has 0 saturated carbocycles. The van der Waals surface area contributed by atoms with E-state index in [2.05, 4.69) is 13.8 Å². The highest BCUT2D eigenvalue weighted by molar-refractivity contribution is 7.45. The molecule has 0 spiro atoms. The molecule has 0 aromatic heterocycles. The molecule has 1 rings (SSSR count). The highest BCUT2D eigenvalue weighted by atomic mass is 31.2. The predicted octanol–water partition coefficient (Wildman–Crippen LogP) is 9.51. The first-order valence-corrected chi connectivity index (χ1v) is 23.7. The van der Waals surface area contributed by atoms with Crippen LogP contribution in [0.15, 0.2) is 36.5 Å². The predicted molar refractivity (Wildman–Crippen MR) is 226 cm³/mol. The van der Waals surface area contributed by atoms with E-state index < -0.39 is 38.6 Å². The fraction of sp³-hybridized carbons (Fsp3) is 0.800. The smallest absolute Gasteiger partial charge is 0.306 e. The van der Waals surface area contributed by atoms with Crippen molar-refractivity contribution < 1.29 is 52.0 Å². The van der Waals surface area contributed by atoms with Gasteiger partial charge in [0, 0.05) is 18.8 Å². The van der Waals surface area contributed by atoms with Crippen molar-refractivity contribution in [3.8, 4) is 0 Å². The lowest BCUT2D eigenvalue weighted by molar-refractivity contribution is -0.870. The van der Waals surface area contributed by atoms with Crippen LogP contribution in [0.4, 0.5) is 0 Å². The first kappa shape index (κ1) is 52.9. The molecule has 0 bridgehead atoms. The van der Waals surface area contributed by atoms with Crippen molar-refractivity contribution in [3.05, 3.63) is 36.5 Å². The Bertz CT molecular complexity index is 1210. The summed E-state index contributed by atoms with van der Waals surface area (Å²) in [5.41, 5.74) is 0. The molecule has 0 heterocycles. The van der Waals surface area contributed by atoms with Gasteiger partial charge in [0.2, 0.25) is 0 Å². The molecule has 11 nitrogen and oxygen atoms in total. The second kappa shape index (κ2) is 32.7. The number of allylic oxidation sites excluding steroid dienone is 5. The summed E-state index contributed by atoms with van der Waals surface area (Å²) in [4.78, 5) is 50.1. The molecule has 5 atom stereocenters. The number of ether oxygens (including phenoxy) is 2. The van der Waals surface area contributed by atoms with Crippen molar-refractivity contribution in [2.45, 2.75) is 174 Å². The van der Waals surface area contributed by atoms with Crippen molar-refractivity contribution in [2.75, 3.05) is 47.5 Å². The summed E-state index contributed by atoms with van der Waals surface area (Å²) in [6.07, 6.45) is 32.3. The third kappa shape index (κ3) is 30.5.